The monoisotopic (exact) mass is 361 g/mol. The van der Waals surface area contributed by atoms with E-state index in [1.807, 2.05) is 42.7 Å². The summed E-state index contributed by atoms with van der Waals surface area (Å²) in [4.78, 5) is 25.6. The number of benzene rings is 1. The third kappa shape index (κ3) is 3.25. The number of aromatic nitrogens is 4. The first kappa shape index (κ1) is 16.2. The van der Waals surface area contributed by atoms with E-state index < -0.39 is 0 Å². The molecule has 2 saturated heterocycles. The molecule has 0 unspecified atom stereocenters. The van der Waals surface area contributed by atoms with Gasteiger partial charge in [0.05, 0.1) is 17.2 Å². The number of para-hydroxylation sites is 2. The van der Waals surface area contributed by atoms with E-state index in [1.165, 1.54) is 12.8 Å². The SMILES string of the molecule is c1ccc2nc(N3CCN(c4nccc(N5CCCC5)n4)CC3)cnc2c1. The summed E-state index contributed by atoms with van der Waals surface area (Å²) < 4.78 is 0. The molecule has 0 bridgehead atoms. The molecule has 0 N–H and O–H groups in total. The molecule has 7 heteroatoms. The lowest BCUT2D eigenvalue weighted by Gasteiger charge is -2.35. The van der Waals surface area contributed by atoms with Crippen LogP contribution in [-0.4, -0.2) is 59.2 Å². The second-order valence-corrected chi connectivity index (χ2v) is 7.10. The molecular formula is C20H23N7. The molecule has 2 fully saturated rings. The van der Waals surface area contributed by atoms with Gasteiger partial charge in [0.2, 0.25) is 5.95 Å². The quantitative estimate of drug-likeness (QED) is 0.709. The Balaban J connectivity index is 1.29. The van der Waals surface area contributed by atoms with Crippen molar-refractivity contribution >= 4 is 28.6 Å². The van der Waals surface area contributed by atoms with Crippen molar-refractivity contribution in [2.45, 2.75) is 12.8 Å². The third-order valence-corrected chi connectivity index (χ3v) is 5.38. The maximum absolute atomic E-state index is 4.81. The number of anilines is 3. The van der Waals surface area contributed by atoms with Gasteiger partial charge in [-0.25, -0.2) is 9.97 Å². The van der Waals surface area contributed by atoms with E-state index in [0.29, 0.717) is 0 Å². The third-order valence-electron chi connectivity index (χ3n) is 5.38. The molecule has 5 rings (SSSR count). The van der Waals surface area contributed by atoms with E-state index in [2.05, 4.69) is 24.7 Å². The first-order chi connectivity index (χ1) is 13.4. The molecule has 0 amide bonds. The molecule has 0 saturated carbocycles. The molecule has 0 spiro atoms. The molecule has 2 aliphatic rings. The average Bonchev–Trinajstić information content (AvgIpc) is 3.29. The second-order valence-electron chi connectivity index (χ2n) is 7.10. The Morgan fingerprint density at radius 3 is 2.15 bits per heavy atom. The lowest BCUT2D eigenvalue weighted by Crippen LogP contribution is -2.47. The van der Waals surface area contributed by atoms with Crippen LogP contribution >= 0.6 is 0 Å². The second kappa shape index (κ2) is 6.98. The molecular weight excluding hydrogens is 338 g/mol. The van der Waals surface area contributed by atoms with Crippen molar-refractivity contribution in [1.29, 1.82) is 0 Å². The summed E-state index contributed by atoms with van der Waals surface area (Å²) in [7, 11) is 0. The van der Waals surface area contributed by atoms with Crippen LogP contribution in [0, 0.1) is 0 Å². The zero-order chi connectivity index (χ0) is 18.1. The van der Waals surface area contributed by atoms with Gasteiger partial charge in [-0.05, 0) is 31.0 Å². The Bertz CT molecular complexity index is 930. The molecule has 138 valence electrons. The van der Waals surface area contributed by atoms with E-state index in [9.17, 15) is 0 Å². The molecule has 0 aliphatic carbocycles. The van der Waals surface area contributed by atoms with Crippen LogP contribution in [0.5, 0.6) is 0 Å². The minimum atomic E-state index is 0.837. The van der Waals surface area contributed by atoms with Crippen LogP contribution in [0.4, 0.5) is 17.6 Å². The maximum Gasteiger partial charge on any atom is 0.227 e. The predicted molar refractivity (Wildman–Crippen MR) is 107 cm³/mol. The lowest BCUT2D eigenvalue weighted by molar-refractivity contribution is 0.634. The van der Waals surface area contributed by atoms with Crippen molar-refractivity contribution in [2.75, 3.05) is 54.0 Å². The van der Waals surface area contributed by atoms with Gasteiger partial charge < -0.3 is 14.7 Å². The minimum absolute atomic E-state index is 0.837. The van der Waals surface area contributed by atoms with Crippen molar-refractivity contribution in [3.63, 3.8) is 0 Å². The van der Waals surface area contributed by atoms with E-state index in [4.69, 9.17) is 9.97 Å². The Kier molecular flexibility index (Phi) is 4.20. The molecule has 0 atom stereocenters. The van der Waals surface area contributed by atoms with Crippen LogP contribution in [0.3, 0.4) is 0 Å². The van der Waals surface area contributed by atoms with Gasteiger partial charge in [0, 0.05) is 45.5 Å². The molecule has 1 aromatic carbocycles. The number of nitrogens with zero attached hydrogens (tertiary/aromatic N) is 7. The summed E-state index contributed by atoms with van der Waals surface area (Å²) in [6.45, 7) is 5.76. The summed E-state index contributed by atoms with van der Waals surface area (Å²) in [6, 6.07) is 10.0. The van der Waals surface area contributed by atoms with Crippen molar-refractivity contribution in [3.8, 4) is 0 Å². The molecule has 7 nitrogen and oxygen atoms in total. The van der Waals surface area contributed by atoms with Gasteiger partial charge >= 0.3 is 0 Å². The fourth-order valence-corrected chi connectivity index (χ4v) is 3.85. The Hall–Kier alpha value is -2.96. The molecule has 4 heterocycles. The number of hydrogen-bond donors (Lipinski definition) is 0. The Morgan fingerprint density at radius 1 is 0.630 bits per heavy atom. The zero-order valence-electron chi connectivity index (χ0n) is 15.3. The van der Waals surface area contributed by atoms with Gasteiger partial charge in [0.15, 0.2) is 0 Å². The molecule has 0 radical (unpaired) electrons. The van der Waals surface area contributed by atoms with Crippen molar-refractivity contribution in [3.05, 3.63) is 42.7 Å². The van der Waals surface area contributed by atoms with Crippen LogP contribution in [0.15, 0.2) is 42.7 Å². The summed E-state index contributed by atoms with van der Waals surface area (Å²) >= 11 is 0. The van der Waals surface area contributed by atoms with Gasteiger partial charge in [-0.15, -0.1) is 0 Å². The van der Waals surface area contributed by atoms with E-state index >= 15 is 0 Å². The van der Waals surface area contributed by atoms with Crippen molar-refractivity contribution in [1.82, 2.24) is 19.9 Å². The van der Waals surface area contributed by atoms with Gasteiger partial charge in [-0.3, -0.25) is 4.98 Å². The average molecular weight is 361 g/mol. The summed E-state index contributed by atoms with van der Waals surface area (Å²) in [5.74, 6) is 2.84. The Labute approximate surface area is 158 Å². The van der Waals surface area contributed by atoms with E-state index in [0.717, 1.165) is 67.9 Å². The molecule has 27 heavy (non-hydrogen) atoms. The van der Waals surface area contributed by atoms with Crippen molar-refractivity contribution in [2.24, 2.45) is 0 Å². The highest BCUT2D eigenvalue weighted by molar-refractivity contribution is 5.75. The lowest BCUT2D eigenvalue weighted by atomic mass is 10.3. The van der Waals surface area contributed by atoms with Crippen molar-refractivity contribution < 1.29 is 0 Å². The number of rotatable bonds is 3. The highest BCUT2D eigenvalue weighted by Crippen LogP contribution is 2.22. The number of piperazine rings is 1. The first-order valence-corrected chi connectivity index (χ1v) is 9.66. The zero-order valence-corrected chi connectivity index (χ0v) is 15.3. The number of hydrogen-bond acceptors (Lipinski definition) is 7. The van der Waals surface area contributed by atoms with Gasteiger partial charge in [0.1, 0.15) is 11.6 Å². The largest absolute Gasteiger partial charge is 0.356 e. The molecule has 2 aromatic heterocycles. The number of fused-ring (bicyclic) bond motifs is 1. The fraction of sp³-hybridized carbons (Fsp3) is 0.400. The van der Waals surface area contributed by atoms with Crippen LogP contribution < -0.4 is 14.7 Å². The van der Waals surface area contributed by atoms with Gasteiger partial charge in [-0.2, -0.15) is 4.98 Å². The summed E-state index contributed by atoms with van der Waals surface area (Å²) in [5, 5.41) is 0. The van der Waals surface area contributed by atoms with Crippen LogP contribution in [-0.2, 0) is 0 Å². The van der Waals surface area contributed by atoms with Crippen LogP contribution in [0.1, 0.15) is 12.8 Å². The minimum Gasteiger partial charge on any atom is -0.356 e. The Morgan fingerprint density at radius 2 is 1.33 bits per heavy atom. The fourth-order valence-electron chi connectivity index (χ4n) is 3.85. The topological polar surface area (TPSA) is 61.3 Å². The maximum atomic E-state index is 4.81. The highest BCUT2D eigenvalue weighted by Gasteiger charge is 2.22. The highest BCUT2D eigenvalue weighted by atomic mass is 15.3. The molecule has 2 aliphatic heterocycles. The van der Waals surface area contributed by atoms with Gasteiger partial charge in [0.25, 0.3) is 0 Å². The summed E-state index contributed by atoms with van der Waals surface area (Å²) in [5.41, 5.74) is 1.88. The molecule has 3 aromatic rings. The predicted octanol–water partition coefficient (Wildman–Crippen LogP) is 2.35. The van der Waals surface area contributed by atoms with Crippen LogP contribution in [0.2, 0.25) is 0 Å². The normalized spacial score (nSPS) is 17.7. The van der Waals surface area contributed by atoms with Gasteiger partial charge in [-0.1, -0.05) is 12.1 Å². The van der Waals surface area contributed by atoms with E-state index in [1.54, 1.807) is 0 Å². The first-order valence-electron chi connectivity index (χ1n) is 9.66. The smallest absolute Gasteiger partial charge is 0.227 e. The van der Waals surface area contributed by atoms with E-state index in [-0.39, 0.29) is 0 Å². The summed E-state index contributed by atoms with van der Waals surface area (Å²) in [6.07, 6.45) is 6.27. The standard InChI is InChI=1S/C20H23N7/c1-2-6-17-16(5-1)22-15-19(23-17)26-11-13-27(14-12-26)20-21-8-7-18(24-20)25-9-3-4-10-25/h1-2,5-8,15H,3-4,9-14H2. The van der Waals surface area contributed by atoms with Crippen LogP contribution in [0.25, 0.3) is 11.0 Å².